The molecule has 0 fully saturated rings. The summed E-state index contributed by atoms with van der Waals surface area (Å²) < 4.78 is 0. The summed E-state index contributed by atoms with van der Waals surface area (Å²) in [5.41, 5.74) is 10.8. The number of hydrogen-bond acceptors (Lipinski definition) is 3. The van der Waals surface area contributed by atoms with Crippen LogP contribution in [0.1, 0.15) is 22.7 Å². The van der Waals surface area contributed by atoms with Gasteiger partial charge < -0.3 is 10.6 Å². The summed E-state index contributed by atoms with van der Waals surface area (Å²) in [6.45, 7) is 4.77. The third-order valence-electron chi connectivity index (χ3n) is 3.54. The fourth-order valence-corrected chi connectivity index (χ4v) is 2.35. The molecule has 2 aromatic rings. The Hall–Kier alpha value is -1.87. The lowest BCUT2D eigenvalue weighted by molar-refractivity contribution is 0.673. The van der Waals surface area contributed by atoms with E-state index >= 15 is 0 Å². The molecule has 1 aromatic carbocycles. The maximum absolute atomic E-state index is 5.98. The third-order valence-corrected chi connectivity index (χ3v) is 3.54. The van der Waals surface area contributed by atoms with E-state index in [1.165, 1.54) is 22.4 Å². The number of anilines is 1. The Morgan fingerprint density at radius 3 is 2.68 bits per heavy atom. The first-order chi connectivity index (χ1) is 9.13. The topological polar surface area (TPSA) is 42.1 Å². The molecular formula is C16H21N3. The van der Waals surface area contributed by atoms with E-state index in [4.69, 9.17) is 5.73 Å². The summed E-state index contributed by atoms with van der Waals surface area (Å²) in [5, 5.41) is 0. The number of pyridine rings is 1. The Kier molecular flexibility index (Phi) is 4.17. The Labute approximate surface area is 115 Å². The Morgan fingerprint density at radius 2 is 2.05 bits per heavy atom. The average molecular weight is 255 g/mol. The molecule has 1 unspecified atom stereocenters. The van der Waals surface area contributed by atoms with Gasteiger partial charge in [-0.1, -0.05) is 12.1 Å². The van der Waals surface area contributed by atoms with E-state index in [1.54, 1.807) is 0 Å². The van der Waals surface area contributed by atoms with Gasteiger partial charge in [-0.15, -0.1) is 0 Å². The first-order valence-corrected chi connectivity index (χ1v) is 6.53. The van der Waals surface area contributed by atoms with Crippen molar-refractivity contribution < 1.29 is 0 Å². The van der Waals surface area contributed by atoms with Gasteiger partial charge in [0.2, 0.25) is 0 Å². The van der Waals surface area contributed by atoms with E-state index < -0.39 is 0 Å². The zero-order valence-electron chi connectivity index (χ0n) is 11.8. The van der Waals surface area contributed by atoms with Crippen LogP contribution in [0.5, 0.6) is 0 Å². The number of likely N-dealkylation sites (N-methyl/N-ethyl adjacent to an activating group) is 1. The highest BCUT2D eigenvalue weighted by atomic mass is 15.1. The van der Waals surface area contributed by atoms with Crippen molar-refractivity contribution in [2.75, 3.05) is 18.5 Å². The number of aromatic nitrogens is 1. The number of rotatable bonds is 4. The summed E-state index contributed by atoms with van der Waals surface area (Å²) in [4.78, 5) is 6.45. The normalized spacial score (nSPS) is 12.2. The first-order valence-electron chi connectivity index (χ1n) is 6.53. The van der Waals surface area contributed by atoms with Crippen molar-refractivity contribution in [1.82, 2.24) is 4.98 Å². The van der Waals surface area contributed by atoms with Crippen LogP contribution in [0.3, 0.4) is 0 Å². The number of hydrogen-bond donors (Lipinski definition) is 1. The Bertz CT molecular complexity index is 551. The summed E-state index contributed by atoms with van der Waals surface area (Å²) in [6.07, 6.45) is 3.73. The Morgan fingerprint density at radius 1 is 1.26 bits per heavy atom. The molecule has 0 spiro atoms. The third kappa shape index (κ3) is 2.93. The minimum Gasteiger partial charge on any atom is -0.366 e. The lowest BCUT2D eigenvalue weighted by Crippen LogP contribution is -2.31. The van der Waals surface area contributed by atoms with E-state index in [-0.39, 0.29) is 6.04 Å². The fourth-order valence-electron chi connectivity index (χ4n) is 2.35. The van der Waals surface area contributed by atoms with Crippen LogP contribution in [0, 0.1) is 13.8 Å². The number of nitrogens with zero attached hydrogens (tertiary/aromatic N) is 2. The smallest absolute Gasteiger partial charge is 0.0679 e. The second kappa shape index (κ2) is 5.85. The van der Waals surface area contributed by atoms with Crippen molar-refractivity contribution in [3.05, 3.63) is 59.4 Å². The molecule has 0 aliphatic rings. The minimum absolute atomic E-state index is 0.149. The summed E-state index contributed by atoms with van der Waals surface area (Å²) in [6, 6.07) is 10.6. The monoisotopic (exact) mass is 255 g/mol. The fraction of sp³-hybridized carbons (Fsp3) is 0.312. The van der Waals surface area contributed by atoms with Crippen LogP contribution in [-0.4, -0.2) is 18.6 Å². The highest BCUT2D eigenvalue weighted by molar-refractivity contribution is 5.50. The second-order valence-corrected chi connectivity index (χ2v) is 4.93. The van der Waals surface area contributed by atoms with Gasteiger partial charge in [-0.3, -0.25) is 4.98 Å². The van der Waals surface area contributed by atoms with E-state index in [9.17, 15) is 0 Å². The Balaban J connectivity index is 2.35. The lowest BCUT2D eigenvalue weighted by atomic mass is 10.0. The van der Waals surface area contributed by atoms with Crippen LogP contribution in [-0.2, 0) is 0 Å². The lowest BCUT2D eigenvalue weighted by Gasteiger charge is -2.30. The molecule has 0 amide bonds. The van der Waals surface area contributed by atoms with Crippen molar-refractivity contribution in [3.8, 4) is 0 Å². The molecule has 3 heteroatoms. The molecule has 0 aliphatic carbocycles. The van der Waals surface area contributed by atoms with Crippen molar-refractivity contribution >= 4 is 5.69 Å². The predicted octanol–water partition coefficient (Wildman–Crippen LogP) is 2.83. The standard InChI is InChI=1S/C16H21N3/c1-12-5-4-6-14(9-12)19(3)16(10-17)15-11-18-8-7-13(15)2/h4-9,11,16H,10,17H2,1-3H3. The highest BCUT2D eigenvalue weighted by Gasteiger charge is 2.18. The molecule has 0 radical (unpaired) electrons. The van der Waals surface area contributed by atoms with Crippen LogP contribution in [0.2, 0.25) is 0 Å². The molecule has 0 aliphatic heterocycles. The van der Waals surface area contributed by atoms with Crippen LogP contribution in [0.15, 0.2) is 42.7 Å². The number of aryl methyl sites for hydroxylation is 2. The van der Waals surface area contributed by atoms with E-state index in [1.807, 2.05) is 18.5 Å². The molecule has 1 aromatic heterocycles. The molecule has 1 atom stereocenters. The molecule has 2 rings (SSSR count). The van der Waals surface area contributed by atoms with Crippen LogP contribution < -0.4 is 10.6 Å². The summed E-state index contributed by atoms with van der Waals surface area (Å²) in [5.74, 6) is 0. The van der Waals surface area contributed by atoms with E-state index in [0.29, 0.717) is 6.54 Å². The maximum Gasteiger partial charge on any atom is 0.0679 e. The molecule has 3 nitrogen and oxygen atoms in total. The SMILES string of the molecule is Cc1cccc(N(C)C(CN)c2cnccc2C)c1. The maximum atomic E-state index is 5.98. The largest absolute Gasteiger partial charge is 0.366 e. The summed E-state index contributed by atoms with van der Waals surface area (Å²) in [7, 11) is 2.08. The van der Waals surface area contributed by atoms with Crippen molar-refractivity contribution in [1.29, 1.82) is 0 Å². The van der Waals surface area contributed by atoms with Crippen LogP contribution >= 0.6 is 0 Å². The van der Waals surface area contributed by atoms with Gasteiger partial charge in [0.15, 0.2) is 0 Å². The molecule has 1 heterocycles. The minimum atomic E-state index is 0.149. The zero-order chi connectivity index (χ0) is 13.8. The van der Waals surface area contributed by atoms with Gasteiger partial charge in [0.05, 0.1) is 6.04 Å². The van der Waals surface area contributed by atoms with Crippen molar-refractivity contribution in [3.63, 3.8) is 0 Å². The molecule has 0 saturated carbocycles. The highest BCUT2D eigenvalue weighted by Crippen LogP contribution is 2.26. The van der Waals surface area contributed by atoms with Crippen molar-refractivity contribution in [2.45, 2.75) is 19.9 Å². The molecule has 100 valence electrons. The van der Waals surface area contributed by atoms with Gasteiger partial charge >= 0.3 is 0 Å². The molecule has 2 N–H and O–H groups in total. The van der Waals surface area contributed by atoms with Gasteiger partial charge in [-0.05, 0) is 48.7 Å². The van der Waals surface area contributed by atoms with Gasteiger partial charge in [0.1, 0.15) is 0 Å². The molecule has 0 bridgehead atoms. The number of benzene rings is 1. The van der Waals surface area contributed by atoms with Gasteiger partial charge in [0, 0.05) is 31.7 Å². The molecular weight excluding hydrogens is 234 g/mol. The average Bonchev–Trinajstić information content (AvgIpc) is 2.41. The van der Waals surface area contributed by atoms with Crippen molar-refractivity contribution in [2.24, 2.45) is 5.73 Å². The molecule has 0 saturated heterocycles. The van der Waals surface area contributed by atoms with Gasteiger partial charge in [0.25, 0.3) is 0 Å². The van der Waals surface area contributed by atoms with Crippen LogP contribution in [0.4, 0.5) is 5.69 Å². The van der Waals surface area contributed by atoms with E-state index in [2.05, 4.69) is 55.0 Å². The second-order valence-electron chi connectivity index (χ2n) is 4.93. The van der Waals surface area contributed by atoms with Gasteiger partial charge in [-0.25, -0.2) is 0 Å². The quantitative estimate of drug-likeness (QED) is 0.913. The zero-order valence-corrected chi connectivity index (χ0v) is 11.8. The molecule has 19 heavy (non-hydrogen) atoms. The van der Waals surface area contributed by atoms with E-state index in [0.717, 1.165) is 0 Å². The predicted molar refractivity (Wildman–Crippen MR) is 80.4 cm³/mol. The van der Waals surface area contributed by atoms with Gasteiger partial charge in [-0.2, -0.15) is 0 Å². The van der Waals surface area contributed by atoms with Crippen LogP contribution in [0.25, 0.3) is 0 Å². The first kappa shape index (κ1) is 13.6. The number of nitrogens with two attached hydrogens (primary N) is 1. The summed E-state index contributed by atoms with van der Waals surface area (Å²) >= 11 is 0.